The molecule has 0 aliphatic carbocycles. The maximum Gasteiger partial charge on any atom is 0.222 e. The zero-order valence-corrected chi connectivity index (χ0v) is 10.9. The van der Waals surface area contributed by atoms with Crippen molar-refractivity contribution >= 4 is 11.7 Å². The molecule has 0 radical (unpaired) electrons. The molecule has 0 atom stereocenters. The molecule has 0 amide bonds. The molecule has 98 valence electrons. The van der Waals surface area contributed by atoms with Crippen LogP contribution in [0, 0.1) is 0 Å². The normalized spacial score (nSPS) is 10.0. The van der Waals surface area contributed by atoms with Gasteiger partial charge in [0, 0.05) is 23.5 Å². The van der Waals surface area contributed by atoms with Gasteiger partial charge in [0.15, 0.2) is 0 Å². The Hall–Kier alpha value is -2.43. The maximum absolute atomic E-state index is 10.9. The molecule has 1 aromatic heterocycles. The molecule has 0 aliphatic heterocycles. The number of methoxy groups -OCH3 is 1. The number of carbonyl (C=O) groups excluding carboxylic acids is 1. The average Bonchev–Trinajstić information content (AvgIpc) is 2.45. The molecule has 2 aromatic rings. The van der Waals surface area contributed by atoms with Crippen LogP contribution in [0.1, 0.15) is 6.92 Å². The third-order valence-corrected chi connectivity index (χ3v) is 2.57. The minimum atomic E-state index is 0.0393. The van der Waals surface area contributed by atoms with Crippen molar-refractivity contribution in [1.82, 2.24) is 9.97 Å². The molecule has 5 nitrogen and oxygen atoms in total. The van der Waals surface area contributed by atoms with E-state index in [1.807, 2.05) is 24.3 Å². The van der Waals surface area contributed by atoms with Gasteiger partial charge in [-0.3, -0.25) is 4.79 Å². The standard InChI is InChI=1S/C14H15N3O2/c1-10(18)7-15-14-16-8-11(9-17-14)12-5-3-4-6-13(12)19-2/h3-6,8-9H,7H2,1-2H3,(H,15,16,17). The molecule has 0 fully saturated rings. The molecule has 0 unspecified atom stereocenters. The van der Waals surface area contributed by atoms with E-state index in [4.69, 9.17) is 4.74 Å². The summed E-state index contributed by atoms with van der Waals surface area (Å²) in [6.07, 6.45) is 3.40. The summed E-state index contributed by atoms with van der Waals surface area (Å²) in [5.74, 6) is 1.25. The van der Waals surface area contributed by atoms with Gasteiger partial charge in [0.2, 0.25) is 5.95 Å². The zero-order chi connectivity index (χ0) is 13.7. The number of anilines is 1. The Morgan fingerprint density at radius 1 is 1.26 bits per heavy atom. The Morgan fingerprint density at radius 3 is 2.58 bits per heavy atom. The van der Waals surface area contributed by atoms with Gasteiger partial charge in [0.05, 0.1) is 13.7 Å². The number of nitrogens with zero attached hydrogens (tertiary/aromatic N) is 2. The third kappa shape index (κ3) is 3.28. The van der Waals surface area contributed by atoms with E-state index in [0.29, 0.717) is 5.95 Å². The van der Waals surface area contributed by atoms with E-state index in [1.165, 1.54) is 6.92 Å². The van der Waals surface area contributed by atoms with Crippen LogP contribution in [0.3, 0.4) is 0 Å². The molecule has 0 bridgehead atoms. The van der Waals surface area contributed by atoms with E-state index >= 15 is 0 Å². The smallest absolute Gasteiger partial charge is 0.222 e. The number of benzene rings is 1. The summed E-state index contributed by atoms with van der Waals surface area (Å²) in [4.78, 5) is 19.2. The van der Waals surface area contributed by atoms with Crippen molar-refractivity contribution in [3.05, 3.63) is 36.7 Å². The molecule has 1 heterocycles. The van der Waals surface area contributed by atoms with Crippen molar-refractivity contribution in [1.29, 1.82) is 0 Å². The summed E-state index contributed by atoms with van der Waals surface area (Å²) in [6.45, 7) is 1.74. The van der Waals surface area contributed by atoms with Crippen molar-refractivity contribution in [2.75, 3.05) is 19.0 Å². The maximum atomic E-state index is 10.9. The second-order valence-electron chi connectivity index (χ2n) is 4.05. The highest BCUT2D eigenvalue weighted by Crippen LogP contribution is 2.28. The summed E-state index contributed by atoms with van der Waals surface area (Å²) in [6, 6.07) is 7.67. The number of aromatic nitrogens is 2. The van der Waals surface area contributed by atoms with E-state index in [1.54, 1.807) is 19.5 Å². The molecule has 0 saturated carbocycles. The van der Waals surface area contributed by atoms with Crippen molar-refractivity contribution in [2.45, 2.75) is 6.92 Å². The minimum Gasteiger partial charge on any atom is -0.496 e. The van der Waals surface area contributed by atoms with Gasteiger partial charge in [0.1, 0.15) is 11.5 Å². The molecule has 0 aliphatic rings. The first-order valence-electron chi connectivity index (χ1n) is 5.89. The van der Waals surface area contributed by atoms with E-state index in [-0.39, 0.29) is 12.3 Å². The van der Waals surface area contributed by atoms with E-state index in [9.17, 15) is 4.79 Å². The highest BCUT2D eigenvalue weighted by Gasteiger charge is 2.06. The lowest BCUT2D eigenvalue weighted by Crippen LogP contribution is -2.11. The SMILES string of the molecule is COc1ccccc1-c1cnc(NCC(C)=O)nc1. The van der Waals surface area contributed by atoms with Crippen LogP contribution in [0.25, 0.3) is 11.1 Å². The molecular weight excluding hydrogens is 242 g/mol. The van der Waals surface area contributed by atoms with Crippen LogP contribution < -0.4 is 10.1 Å². The van der Waals surface area contributed by atoms with Gasteiger partial charge in [-0.25, -0.2) is 9.97 Å². The Labute approximate surface area is 111 Å². The van der Waals surface area contributed by atoms with Gasteiger partial charge < -0.3 is 10.1 Å². The van der Waals surface area contributed by atoms with Crippen LogP contribution in [-0.4, -0.2) is 29.4 Å². The quantitative estimate of drug-likeness (QED) is 0.889. The predicted molar refractivity (Wildman–Crippen MR) is 73.2 cm³/mol. The molecule has 1 N–H and O–H groups in total. The lowest BCUT2D eigenvalue weighted by atomic mass is 10.1. The number of hydrogen-bond donors (Lipinski definition) is 1. The van der Waals surface area contributed by atoms with Crippen LogP contribution in [0.2, 0.25) is 0 Å². The lowest BCUT2D eigenvalue weighted by Gasteiger charge is -2.08. The number of ether oxygens (including phenoxy) is 1. The molecule has 1 aromatic carbocycles. The van der Waals surface area contributed by atoms with Crippen molar-refractivity contribution in [2.24, 2.45) is 0 Å². The van der Waals surface area contributed by atoms with E-state index in [0.717, 1.165) is 16.9 Å². The van der Waals surface area contributed by atoms with Crippen molar-refractivity contribution in [3.63, 3.8) is 0 Å². The Balaban J connectivity index is 2.20. The Kier molecular flexibility index (Phi) is 4.07. The molecular formula is C14H15N3O2. The van der Waals surface area contributed by atoms with E-state index < -0.39 is 0 Å². The fraction of sp³-hybridized carbons (Fsp3) is 0.214. The number of para-hydroxylation sites is 1. The first-order valence-corrected chi connectivity index (χ1v) is 5.89. The topological polar surface area (TPSA) is 64.1 Å². The Morgan fingerprint density at radius 2 is 1.95 bits per heavy atom. The second-order valence-corrected chi connectivity index (χ2v) is 4.05. The molecule has 0 saturated heterocycles. The van der Waals surface area contributed by atoms with Gasteiger partial charge in [0.25, 0.3) is 0 Å². The van der Waals surface area contributed by atoms with Gasteiger partial charge in [-0.1, -0.05) is 18.2 Å². The fourth-order valence-electron chi connectivity index (χ4n) is 1.65. The second kappa shape index (κ2) is 5.95. The van der Waals surface area contributed by atoms with Gasteiger partial charge in [-0.05, 0) is 13.0 Å². The summed E-state index contributed by atoms with van der Waals surface area (Å²) < 4.78 is 5.29. The van der Waals surface area contributed by atoms with Gasteiger partial charge >= 0.3 is 0 Å². The van der Waals surface area contributed by atoms with Crippen molar-refractivity contribution in [3.8, 4) is 16.9 Å². The fourth-order valence-corrected chi connectivity index (χ4v) is 1.65. The number of carbonyl (C=O) groups is 1. The van der Waals surface area contributed by atoms with E-state index in [2.05, 4.69) is 15.3 Å². The first kappa shape index (κ1) is 13.0. The summed E-state index contributed by atoms with van der Waals surface area (Å²) in [5, 5.41) is 2.85. The predicted octanol–water partition coefficient (Wildman–Crippen LogP) is 2.15. The minimum absolute atomic E-state index is 0.0393. The van der Waals surface area contributed by atoms with Crippen molar-refractivity contribution < 1.29 is 9.53 Å². The first-order chi connectivity index (χ1) is 9.20. The number of Topliss-reactive ketones (excluding diaryl/α,β-unsaturated/α-hetero) is 1. The largest absolute Gasteiger partial charge is 0.496 e. The third-order valence-electron chi connectivity index (χ3n) is 2.57. The van der Waals surface area contributed by atoms with Crippen LogP contribution in [-0.2, 0) is 4.79 Å². The highest BCUT2D eigenvalue weighted by molar-refractivity contribution is 5.79. The highest BCUT2D eigenvalue weighted by atomic mass is 16.5. The summed E-state index contributed by atoms with van der Waals surface area (Å²) in [5.41, 5.74) is 1.80. The van der Waals surface area contributed by atoms with Crippen LogP contribution in [0.4, 0.5) is 5.95 Å². The van der Waals surface area contributed by atoms with Gasteiger partial charge in [-0.2, -0.15) is 0 Å². The van der Waals surface area contributed by atoms with Crippen LogP contribution >= 0.6 is 0 Å². The molecule has 2 rings (SSSR count). The molecule has 5 heteroatoms. The monoisotopic (exact) mass is 257 g/mol. The van der Waals surface area contributed by atoms with Crippen LogP contribution in [0.5, 0.6) is 5.75 Å². The Bertz CT molecular complexity index is 567. The molecule has 19 heavy (non-hydrogen) atoms. The summed E-state index contributed by atoms with van der Waals surface area (Å²) in [7, 11) is 1.63. The lowest BCUT2D eigenvalue weighted by molar-refractivity contribution is -0.115. The zero-order valence-electron chi connectivity index (χ0n) is 10.9. The average molecular weight is 257 g/mol. The van der Waals surface area contributed by atoms with Crippen LogP contribution in [0.15, 0.2) is 36.7 Å². The number of ketones is 1. The number of nitrogens with one attached hydrogen (secondary N) is 1. The summed E-state index contributed by atoms with van der Waals surface area (Å²) >= 11 is 0. The number of rotatable bonds is 5. The molecule has 0 spiro atoms. The van der Waals surface area contributed by atoms with Gasteiger partial charge in [-0.15, -0.1) is 0 Å². The number of hydrogen-bond acceptors (Lipinski definition) is 5.